The third kappa shape index (κ3) is 10.4. The first-order chi connectivity index (χ1) is 14.8. The predicted octanol–water partition coefficient (Wildman–Crippen LogP) is -4.06. The third-order valence-electron chi connectivity index (χ3n) is 4.46. The second-order valence-electron chi connectivity index (χ2n) is 7.59. The third-order valence-corrected chi connectivity index (χ3v) is 4.46. The van der Waals surface area contributed by atoms with Crippen molar-refractivity contribution in [1.82, 2.24) is 16.0 Å². The maximum Gasteiger partial charge on any atom is 0.326 e. The van der Waals surface area contributed by atoms with Crippen molar-refractivity contribution in [3.8, 4) is 0 Å². The smallest absolute Gasteiger partial charge is 0.326 e. The van der Waals surface area contributed by atoms with Gasteiger partial charge in [0.2, 0.25) is 17.7 Å². The predicted molar refractivity (Wildman–Crippen MR) is 115 cm³/mol. The average Bonchev–Trinajstić information content (AvgIpc) is 2.70. The zero-order valence-corrected chi connectivity index (χ0v) is 18.4. The number of rotatable bonds is 14. The lowest BCUT2D eigenvalue weighted by atomic mass is 10.0. The summed E-state index contributed by atoms with van der Waals surface area (Å²) in [5, 5.41) is 35.3. The number of aliphatic hydroxyl groups is 2. The molecule has 0 fully saturated rings. The van der Waals surface area contributed by atoms with E-state index in [0.29, 0.717) is 0 Å². The number of hydrogen-bond donors (Lipinski definition) is 9. The Labute approximate surface area is 186 Å². The molecule has 32 heavy (non-hydrogen) atoms. The fraction of sp³-hybridized carbons (Fsp3) is 0.722. The van der Waals surface area contributed by atoms with Crippen LogP contribution in [0.15, 0.2) is 4.99 Å². The molecule has 0 heterocycles. The minimum absolute atomic E-state index is 0.0105. The summed E-state index contributed by atoms with van der Waals surface area (Å²) in [6.07, 6.45) is -1.11. The number of nitrogens with two attached hydrogens (primary N) is 3. The highest BCUT2D eigenvalue weighted by atomic mass is 16.4. The Bertz CT molecular complexity index is 681. The van der Waals surface area contributed by atoms with Crippen molar-refractivity contribution < 1.29 is 34.5 Å². The van der Waals surface area contributed by atoms with Gasteiger partial charge >= 0.3 is 5.97 Å². The normalized spacial score (nSPS) is 15.6. The Morgan fingerprint density at radius 1 is 0.938 bits per heavy atom. The summed E-state index contributed by atoms with van der Waals surface area (Å²) in [6, 6.07) is -5.24. The maximum atomic E-state index is 12.5. The van der Waals surface area contributed by atoms with Crippen molar-refractivity contribution in [3.63, 3.8) is 0 Å². The minimum atomic E-state index is -1.53. The number of carboxylic acids is 1. The van der Waals surface area contributed by atoms with Gasteiger partial charge in [-0.15, -0.1) is 0 Å². The van der Waals surface area contributed by atoms with Crippen molar-refractivity contribution in [2.45, 2.75) is 63.9 Å². The molecule has 0 rings (SSSR count). The van der Waals surface area contributed by atoms with Crippen LogP contribution in [0.4, 0.5) is 0 Å². The molecule has 0 spiro atoms. The Morgan fingerprint density at radius 2 is 1.50 bits per heavy atom. The SMILES string of the molecule is CC(C)C(N)C(=O)NC(C(=O)NC(CO)C(=O)NC(CCCN=C(N)N)C(=O)O)C(C)O. The average molecular weight is 462 g/mol. The van der Waals surface area contributed by atoms with Crippen LogP contribution in [0.25, 0.3) is 0 Å². The molecule has 0 bridgehead atoms. The lowest BCUT2D eigenvalue weighted by Crippen LogP contribution is -2.60. The van der Waals surface area contributed by atoms with Gasteiger partial charge < -0.3 is 48.5 Å². The molecule has 0 aliphatic heterocycles. The standard InChI is InChI=1S/C18H35N7O7/c1-8(2)12(19)15(29)25-13(9(3)27)16(30)24-11(7-26)14(28)23-10(17(31)32)5-4-6-22-18(20)21/h8-13,26-27H,4-7,19H2,1-3H3,(H,23,28)(H,24,30)(H,25,29)(H,31,32)(H4,20,21,22). The molecule has 14 heteroatoms. The zero-order valence-electron chi connectivity index (χ0n) is 18.4. The molecular formula is C18H35N7O7. The first kappa shape index (κ1) is 29.0. The van der Waals surface area contributed by atoms with Crippen molar-refractivity contribution in [2.24, 2.45) is 28.1 Å². The molecule has 0 aromatic heterocycles. The van der Waals surface area contributed by atoms with E-state index in [1.54, 1.807) is 13.8 Å². The Balaban J connectivity index is 5.12. The van der Waals surface area contributed by atoms with E-state index in [4.69, 9.17) is 17.2 Å². The fourth-order valence-corrected chi connectivity index (χ4v) is 2.45. The van der Waals surface area contributed by atoms with Crippen LogP contribution < -0.4 is 33.2 Å². The molecular weight excluding hydrogens is 426 g/mol. The number of hydrogen-bond acceptors (Lipinski definition) is 8. The highest BCUT2D eigenvalue weighted by Crippen LogP contribution is 2.03. The molecule has 0 aromatic rings. The number of carbonyl (C=O) groups is 4. The lowest BCUT2D eigenvalue weighted by molar-refractivity contribution is -0.143. The van der Waals surface area contributed by atoms with E-state index in [1.807, 2.05) is 0 Å². The van der Waals surface area contributed by atoms with Crippen LogP contribution in [-0.2, 0) is 19.2 Å². The summed E-state index contributed by atoms with van der Waals surface area (Å²) in [7, 11) is 0. The lowest BCUT2D eigenvalue weighted by Gasteiger charge is -2.26. The van der Waals surface area contributed by atoms with Crippen molar-refractivity contribution in [1.29, 1.82) is 0 Å². The van der Waals surface area contributed by atoms with Crippen LogP contribution >= 0.6 is 0 Å². The van der Waals surface area contributed by atoms with Crippen molar-refractivity contribution in [2.75, 3.05) is 13.2 Å². The van der Waals surface area contributed by atoms with Gasteiger partial charge in [-0.1, -0.05) is 13.8 Å². The second kappa shape index (κ2) is 14.2. The molecule has 0 aliphatic rings. The van der Waals surface area contributed by atoms with Gasteiger partial charge in [0.25, 0.3) is 0 Å². The topological polar surface area (TPSA) is 255 Å². The van der Waals surface area contributed by atoms with Crippen LogP contribution in [0.5, 0.6) is 0 Å². The van der Waals surface area contributed by atoms with Crippen LogP contribution in [-0.4, -0.2) is 88.4 Å². The molecule has 0 radical (unpaired) electrons. The van der Waals surface area contributed by atoms with Gasteiger partial charge in [0.05, 0.1) is 18.8 Å². The molecule has 184 valence electrons. The van der Waals surface area contributed by atoms with Gasteiger partial charge in [0.15, 0.2) is 5.96 Å². The summed E-state index contributed by atoms with van der Waals surface area (Å²) >= 11 is 0. The molecule has 12 N–H and O–H groups in total. The summed E-state index contributed by atoms with van der Waals surface area (Å²) in [5.41, 5.74) is 16.1. The Morgan fingerprint density at radius 3 is 1.94 bits per heavy atom. The number of guanidine groups is 1. The number of nitrogens with one attached hydrogen (secondary N) is 3. The molecule has 14 nitrogen and oxygen atoms in total. The Hall–Kier alpha value is -2.97. The summed E-state index contributed by atoms with van der Waals surface area (Å²) in [5.74, 6) is -4.33. The van der Waals surface area contributed by atoms with Crippen LogP contribution in [0.3, 0.4) is 0 Å². The van der Waals surface area contributed by atoms with Gasteiger partial charge in [-0.05, 0) is 25.7 Å². The summed E-state index contributed by atoms with van der Waals surface area (Å²) in [4.78, 5) is 52.1. The minimum Gasteiger partial charge on any atom is -0.480 e. The number of carboxylic acid groups (broad SMARTS) is 1. The number of aliphatic hydroxyl groups excluding tert-OH is 2. The van der Waals surface area contributed by atoms with Crippen molar-refractivity contribution >= 4 is 29.7 Å². The van der Waals surface area contributed by atoms with E-state index in [0.717, 1.165) is 0 Å². The van der Waals surface area contributed by atoms with Gasteiger partial charge in [-0.2, -0.15) is 0 Å². The van der Waals surface area contributed by atoms with E-state index in [-0.39, 0.29) is 31.3 Å². The number of carbonyl (C=O) groups excluding carboxylic acids is 3. The highest BCUT2D eigenvalue weighted by molar-refractivity contribution is 5.94. The first-order valence-electron chi connectivity index (χ1n) is 10.1. The van der Waals surface area contributed by atoms with E-state index in [9.17, 15) is 34.5 Å². The Kier molecular flexibility index (Phi) is 12.8. The van der Waals surface area contributed by atoms with Crippen LogP contribution in [0, 0.1) is 5.92 Å². The number of nitrogens with zero attached hydrogens (tertiary/aromatic N) is 1. The summed E-state index contributed by atoms with van der Waals surface area (Å²) in [6.45, 7) is 3.94. The molecule has 3 amide bonds. The molecule has 0 aromatic carbocycles. The summed E-state index contributed by atoms with van der Waals surface area (Å²) < 4.78 is 0. The van der Waals surface area contributed by atoms with Gasteiger partial charge in [-0.25, -0.2) is 4.79 Å². The van der Waals surface area contributed by atoms with Gasteiger partial charge in [0.1, 0.15) is 18.1 Å². The zero-order chi connectivity index (χ0) is 25.0. The largest absolute Gasteiger partial charge is 0.480 e. The molecule has 5 atom stereocenters. The van der Waals surface area contributed by atoms with E-state index in [2.05, 4.69) is 20.9 Å². The molecule has 0 saturated heterocycles. The van der Waals surface area contributed by atoms with Gasteiger partial charge in [0, 0.05) is 6.54 Å². The van der Waals surface area contributed by atoms with E-state index < -0.39 is 60.6 Å². The highest BCUT2D eigenvalue weighted by Gasteiger charge is 2.32. The molecule has 0 saturated carbocycles. The van der Waals surface area contributed by atoms with Crippen molar-refractivity contribution in [3.05, 3.63) is 0 Å². The van der Waals surface area contributed by atoms with Crippen LogP contribution in [0.1, 0.15) is 33.6 Å². The van der Waals surface area contributed by atoms with Gasteiger partial charge in [-0.3, -0.25) is 19.4 Å². The van der Waals surface area contributed by atoms with Crippen LogP contribution in [0.2, 0.25) is 0 Å². The molecule has 5 unspecified atom stereocenters. The number of aliphatic carboxylic acids is 1. The number of amides is 3. The second-order valence-corrected chi connectivity index (χ2v) is 7.59. The monoisotopic (exact) mass is 461 g/mol. The van der Waals surface area contributed by atoms with E-state index >= 15 is 0 Å². The fourth-order valence-electron chi connectivity index (χ4n) is 2.45. The van der Waals surface area contributed by atoms with E-state index in [1.165, 1.54) is 6.92 Å². The maximum absolute atomic E-state index is 12.5. The molecule has 0 aliphatic carbocycles. The number of aliphatic imine (C=N–C) groups is 1. The first-order valence-corrected chi connectivity index (χ1v) is 10.1. The quantitative estimate of drug-likeness (QED) is 0.0686.